The number of alkyl halides is 7. The first-order chi connectivity index (χ1) is 44.4. The summed E-state index contributed by atoms with van der Waals surface area (Å²) < 4.78 is 202. The lowest BCUT2D eigenvalue weighted by atomic mass is 10.2. The number of rotatable bonds is 24. The molecule has 6 aromatic rings. The van der Waals surface area contributed by atoms with Gasteiger partial charge in [0.25, 0.3) is 20.0 Å². The van der Waals surface area contributed by atoms with Gasteiger partial charge in [-0.25, -0.2) is 55.2 Å². The molecule has 0 saturated carbocycles. The Morgan fingerprint density at radius 3 is 1.66 bits per heavy atom. The van der Waals surface area contributed by atoms with Crippen molar-refractivity contribution in [3.05, 3.63) is 118 Å². The van der Waals surface area contributed by atoms with E-state index < -0.39 is 148 Å². The van der Waals surface area contributed by atoms with Crippen molar-refractivity contribution in [3.8, 4) is 35.0 Å². The first-order valence-corrected chi connectivity index (χ1v) is 33.1. The smallest absolute Gasteiger partial charge is 0.416 e. The van der Waals surface area contributed by atoms with E-state index >= 15 is 0 Å². The van der Waals surface area contributed by atoms with Crippen LogP contribution in [0.4, 0.5) is 52.2 Å². The molecule has 524 valence electrons. The molecule has 4 amide bonds. The average molecular weight is 1490 g/mol. The number of esters is 1. The zero-order valence-corrected chi connectivity index (χ0v) is 53.9. The van der Waals surface area contributed by atoms with Crippen LogP contribution in [0.5, 0.6) is 35.0 Å². The standard InChI is InChI=1S/C17H11Cl2F3O5.C14H10F4N4O7S.C14H17N5O7S2.C5H12NO4P/c1-8(15(23)24)26-16(25)11-7-10(3-4-12(11)18)27-14-5-2-9(6-13(14)19)17(20,21)22;15-11(16)28-8-5-9(29-12(17)18)20-13(19-8)21-14(25)22-30(26,27)7-4-2-1-3-6(7)10(23)24;1-4-27(21,22)9-6-5-7-15-12(9)28(23,24)19-14(20)18-13-16-10(25-2)8-11(17-13)26-3;1-11(9,10)3-2-4(6)5(7)8/h2-8H,1H3,(H,23,24);1-5,11-12H,(H,23,24)(H2,19,20,21,22,25);5-8H,4H2,1-3H3,(H2,16,17,18,19,20);4H,2-3,6H2,1H3,(H,7,8)(H,9,10)/t8-;;;/m0.../s1. The second-order valence-electron chi connectivity index (χ2n) is 17.8. The van der Waals surface area contributed by atoms with Gasteiger partial charge in [-0.05, 0) is 74.0 Å². The number of aromatic nitrogens is 5. The summed E-state index contributed by atoms with van der Waals surface area (Å²) in [6.45, 7) is -3.12. The zero-order chi connectivity index (χ0) is 72.8. The Hall–Kier alpha value is -9.52. The minimum Gasteiger partial charge on any atom is -0.481 e. The zero-order valence-electron chi connectivity index (χ0n) is 49.0. The van der Waals surface area contributed by atoms with E-state index in [1.165, 1.54) is 68.9 Å². The third kappa shape index (κ3) is 26.3. The summed E-state index contributed by atoms with van der Waals surface area (Å²) in [6, 6.07) is 11.0. The van der Waals surface area contributed by atoms with Crippen molar-refractivity contribution in [2.45, 2.75) is 66.6 Å². The molecule has 46 heteroatoms. The van der Waals surface area contributed by atoms with E-state index in [4.69, 9.17) is 68.1 Å². The fraction of sp³-hybridized carbons (Fsp3) is 0.260. The van der Waals surface area contributed by atoms with Gasteiger partial charge in [-0.15, -0.1) is 0 Å². The van der Waals surface area contributed by atoms with Crippen LogP contribution >= 0.6 is 30.6 Å². The summed E-state index contributed by atoms with van der Waals surface area (Å²) in [4.78, 5) is 93.3. The molecule has 10 N–H and O–H groups in total. The summed E-state index contributed by atoms with van der Waals surface area (Å²) in [5.74, 6) is -8.50. The Labute approximate surface area is 546 Å². The van der Waals surface area contributed by atoms with Crippen LogP contribution < -0.4 is 49.5 Å². The number of carboxylic acids is 3. The molecule has 96 heavy (non-hydrogen) atoms. The number of hydrogen-bond acceptors (Lipinski definition) is 25. The second kappa shape index (κ2) is 35.3. The number of nitrogens with one attached hydrogen (secondary N) is 4. The lowest BCUT2D eigenvalue weighted by Crippen LogP contribution is -2.36. The van der Waals surface area contributed by atoms with Crippen LogP contribution in [0.25, 0.3) is 0 Å². The number of carbonyl (C=O) groups is 6. The predicted molar refractivity (Wildman–Crippen MR) is 316 cm³/mol. The number of methoxy groups -OCH3 is 2. The minimum absolute atomic E-state index is 0.0246. The molecule has 3 heterocycles. The molecule has 3 atom stereocenters. The molecule has 0 fully saturated rings. The molecule has 0 bridgehead atoms. The number of aliphatic carboxylic acids is 2. The van der Waals surface area contributed by atoms with Crippen molar-refractivity contribution in [3.63, 3.8) is 0 Å². The fourth-order valence-corrected chi connectivity index (χ4v) is 11.1. The molecular weight excluding hydrogens is 1440 g/mol. The Kier molecular flexibility index (Phi) is 29.7. The molecule has 0 aliphatic carbocycles. The van der Waals surface area contributed by atoms with Crippen molar-refractivity contribution in [2.75, 3.05) is 43.4 Å². The Bertz CT molecular complexity index is 4160. The van der Waals surface area contributed by atoms with E-state index in [1.54, 1.807) is 10.0 Å². The van der Waals surface area contributed by atoms with Gasteiger partial charge >= 0.3 is 55.3 Å². The number of halogens is 9. The van der Waals surface area contributed by atoms with E-state index in [1.807, 2.05) is 0 Å². The van der Waals surface area contributed by atoms with Gasteiger partial charge < -0.3 is 54.4 Å². The first-order valence-electron chi connectivity index (χ1n) is 25.4. The number of hydrogen-bond donors (Lipinski definition) is 9. The maximum atomic E-state index is 12.7. The van der Waals surface area contributed by atoms with E-state index in [0.29, 0.717) is 12.1 Å². The third-order valence-electron chi connectivity index (χ3n) is 10.7. The maximum absolute atomic E-state index is 12.7. The molecule has 3 aromatic heterocycles. The van der Waals surface area contributed by atoms with Crippen molar-refractivity contribution in [1.82, 2.24) is 34.4 Å². The number of nitrogens with two attached hydrogens (primary N) is 1. The summed E-state index contributed by atoms with van der Waals surface area (Å²) in [5.41, 5.74) is 3.33. The molecule has 6 rings (SSSR count). The van der Waals surface area contributed by atoms with Crippen LogP contribution in [0.1, 0.15) is 46.5 Å². The number of aromatic carboxylic acids is 1. The van der Waals surface area contributed by atoms with E-state index in [2.05, 4.69) is 39.7 Å². The predicted octanol–water partition coefficient (Wildman–Crippen LogP) is 7.20. The Morgan fingerprint density at radius 2 is 1.19 bits per heavy atom. The van der Waals surface area contributed by atoms with E-state index in [0.717, 1.165) is 49.5 Å². The SMILES string of the molecule is CCS(=O)(=O)c1cccnc1S(=O)(=O)NC(=O)Nc1nc(OC)cc(OC)n1.CP(=O)(O)CCC(N)C(=O)O.C[C@H](OC(=O)c1cc(Oc2ccc(C(F)(F)F)cc2Cl)ccc1Cl)C(=O)O.O=C(Nc1nc(OC(F)F)cc(OC(F)F)n1)NS(=O)(=O)c1ccccc1C(=O)O. The Balaban J connectivity index is 0.000000348. The number of carbonyl (C=O) groups excluding carboxylic acids is 3. The molecule has 2 unspecified atom stereocenters. The third-order valence-corrected chi connectivity index (χ3v) is 16.9. The van der Waals surface area contributed by atoms with Gasteiger partial charge in [0.2, 0.25) is 35.4 Å². The number of ether oxygens (including phenoxy) is 6. The number of sulfonamides is 2. The largest absolute Gasteiger partial charge is 0.481 e. The molecule has 0 spiro atoms. The highest BCUT2D eigenvalue weighted by Crippen LogP contribution is 2.38. The molecule has 0 radical (unpaired) electrons. The molecular formula is C50H50Cl2F7N10O23PS3. The van der Waals surface area contributed by atoms with Crippen molar-refractivity contribution >= 4 is 108 Å². The summed E-state index contributed by atoms with van der Waals surface area (Å²) >= 11 is 11.7. The summed E-state index contributed by atoms with van der Waals surface area (Å²) in [6.07, 6.45) is -4.86. The van der Waals surface area contributed by atoms with Crippen LogP contribution in [0, 0.1) is 0 Å². The summed E-state index contributed by atoms with van der Waals surface area (Å²) in [7, 11) is -13.7. The average Bonchev–Trinajstić information content (AvgIpc) is 0.629. The van der Waals surface area contributed by atoms with Crippen molar-refractivity contribution < 1.29 is 138 Å². The van der Waals surface area contributed by atoms with Crippen LogP contribution in [0.15, 0.2) is 106 Å². The monoisotopic (exact) mass is 1490 g/mol. The van der Waals surface area contributed by atoms with Crippen molar-refractivity contribution in [1.29, 1.82) is 0 Å². The van der Waals surface area contributed by atoms with E-state index in [9.17, 15) is 89.3 Å². The van der Waals surface area contributed by atoms with Gasteiger partial charge in [-0.2, -0.15) is 59.1 Å². The number of amides is 4. The van der Waals surface area contributed by atoms with Gasteiger partial charge in [-0.3, -0.25) is 20.0 Å². The number of sulfone groups is 1. The number of carboxylic acid groups (broad SMARTS) is 3. The van der Waals surface area contributed by atoms with E-state index in [-0.39, 0.29) is 63.2 Å². The minimum atomic E-state index is -4.71. The highest BCUT2D eigenvalue weighted by Gasteiger charge is 2.32. The number of urea groups is 2. The van der Waals surface area contributed by atoms with Crippen LogP contribution in [0.3, 0.4) is 0 Å². The number of nitrogens with zero attached hydrogens (tertiary/aromatic N) is 5. The molecule has 33 nitrogen and oxygen atoms in total. The van der Waals surface area contributed by atoms with Crippen LogP contribution in [0.2, 0.25) is 10.0 Å². The van der Waals surface area contributed by atoms with Gasteiger partial charge in [0.15, 0.2) is 28.3 Å². The maximum Gasteiger partial charge on any atom is 0.416 e. The highest BCUT2D eigenvalue weighted by molar-refractivity contribution is 7.93. The van der Waals surface area contributed by atoms with Crippen LogP contribution in [-0.4, -0.2) is 164 Å². The molecule has 0 aliphatic heterocycles. The molecule has 3 aromatic carbocycles. The number of pyridine rings is 1. The molecule has 0 aliphatic rings. The lowest BCUT2D eigenvalue weighted by molar-refractivity contribution is -0.146. The van der Waals surface area contributed by atoms with Crippen LogP contribution in [-0.2, 0) is 55.0 Å². The van der Waals surface area contributed by atoms with Crippen molar-refractivity contribution in [2.24, 2.45) is 5.73 Å². The summed E-state index contributed by atoms with van der Waals surface area (Å²) in [5, 5.41) is 28.8. The fourth-order valence-electron chi connectivity index (χ4n) is 6.27. The first kappa shape index (κ1) is 80.7. The highest BCUT2D eigenvalue weighted by atomic mass is 35.5. The Morgan fingerprint density at radius 1 is 0.677 bits per heavy atom. The normalized spacial score (nSPS) is 12.5. The van der Waals surface area contributed by atoms with Gasteiger partial charge in [0.1, 0.15) is 27.3 Å². The topological polar surface area (TPSA) is 497 Å². The lowest BCUT2D eigenvalue weighted by Gasteiger charge is -2.13. The molecule has 0 saturated heterocycles. The number of anilines is 2. The van der Waals surface area contributed by atoms with Gasteiger partial charge in [0.05, 0.1) is 58.8 Å². The second-order valence-corrected chi connectivity index (χ2v) is 26.7. The van der Waals surface area contributed by atoms with Gasteiger partial charge in [-0.1, -0.05) is 42.3 Å². The van der Waals surface area contributed by atoms with Gasteiger partial charge in [0, 0.05) is 19.0 Å². The quantitative estimate of drug-likeness (QED) is 0.0164. The number of benzene rings is 3.